The Labute approximate surface area is 212 Å². The molecule has 1 amide bonds. The molecule has 0 unspecified atom stereocenters. The van der Waals surface area contributed by atoms with Gasteiger partial charge in [-0.25, -0.2) is 0 Å². The predicted molar refractivity (Wildman–Crippen MR) is 143 cm³/mol. The number of hydrogen-bond acceptors (Lipinski definition) is 4. The highest BCUT2D eigenvalue weighted by atomic mass is 16.5. The molecule has 36 heavy (non-hydrogen) atoms. The van der Waals surface area contributed by atoms with E-state index in [0.717, 1.165) is 30.1 Å². The minimum absolute atomic E-state index is 0.00655. The Balaban J connectivity index is 1.18. The lowest BCUT2D eigenvalue weighted by molar-refractivity contribution is 0.0746. The molecule has 1 aliphatic heterocycles. The van der Waals surface area contributed by atoms with Crippen molar-refractivity contribution in [3.8, 4) is 22.5 Å². The third kappa shape index (κ3) is 4.30. The van der Waals surface area contributed by atoms with Gasteiger partial charge < -0.3 is 14.3 Å². The van der Waals surface area contributed by atoms with E-state index in [2.05, 4.69) is 77.6 Å². The van der Waals surface area contributed by atoms with Gasteiger partial charge in [-0.3, -0.25) is 4.79 Å². The van der Waals surface area contributed by atoms with Crippen LogP contribution in [0.1, 0.15) is 45.9 Å². The third-order valence-electron chi connectivity index (χ3n) is 7.54. The van der Waals surface area contributed by atoms with Gasteiger partial charge in [-0.05, 0) is 60.9 Å². The van der Waals surface area contributed by atoms with E-state index < -0.39 is 0 Å². The molecule has 0 radical (unpaired) electrons. The molecule has 2 aliphatic rings. The maximum atomic E-state index is 13.6. The van der Waals surface area contributed by atoms with Crippen LogP contribution in [0, 0.1) is 13.8 Å². The first kappa shape index (κ1) is 22.6. The van der Waals surface area contributed by atoms with Crippen molar-refractivity contribution < 1.29 is 9.32 Å². The summed E-state index contributed by atoms with van der Waals surface area (Å²) < 4.78 is 5.69. The van der Waals surface area contributed by atoms with Crippen LogP contribution in [-0.4, -0.2) is 42.1 Å². The molecular formula is C31H31N3O2. The lowest BCUT2D eigenvalue weighted by atomic mass is 9.99. The van der Waals surface area contributed by atoms with Crippen LogP contribution >= 0.6 is 0 Å². The summed E-state index contributed by atoms with van der Waals surface area (Å²) in [5.41, 5.74) is 8.37. The number of amides is 1. The molecule has 5 nitrogen and oxygen atoms in total. The smallest absolute Gasteiger partial charge is 0.259 e. The van der Waals surface area contributed by atoms with Crippen LogP contribution in [0.4, 0.5) is 5.69 Å². The van der Waals surface area contributed by atoms with Gasteiger partial charge >= 0.3 is 0 Å². The van der Waals surface area contributed by atoms with Crippen LogP contribution in [0.5, 0.6) is 0 Å². The number of piperazine rings is 1. The van der Waals surface area contributed by atoms with Crippen LogP contribution in [-0.2, 0) is 0 Å². The maximum absolute atomic E-state index is 13.6. The molecule has 4 aromatic rings. The van der Waals surface area contributed by atoms with E-state index >= 15 is 0 Å². The predicted octanol–water partition coefficient (Wildman–Crippen LogP) is 6.47. The molecule has 2 heterocycles. The van der Waals surface area contributed by atoms with Gasteiger partial charge in [0.25, 0.3) is 5.91 Å². The molecule has 5 heteroatoms. The topological polar surface area (TPSA) is 49.6 Å². The zero-order chi connectivity index (χ0) is 24.6. The van der Waals surface area contributed by atoms with E-state index in [1.54, 1.807) is 0 Å². The molecule has 0 spiro atoms. The van der Waals surface area contributed by atoms with Crippen LogP contribution < -0.4 is 4.90 Å². The number of nitrogens with zero attached hydrogens (tertiary/aromatic N) is 3. The van der Waals surface area contributed by atoms with E-state index in [4.69, 9.17) is 4.52 Å². The second kappa shape index (κ2) is 9.30. The molecule has 1 saturated carbocycles. The SMILES string of the molecule is Cc1ccccc1N1CCN(C(=O)c2c(C)noc2-c2ccc(-c3ccc(C4CC4)cc3)cc2)CC1. The first-order valence-electron chi connectivity index (χ1n) is 12.9. The summed E-state index contributed by atoms with van der Waals surface area (Å²) in [6.45, 7) is 6.95. The molecule has 0 bridgehead atoms. The number of anilines is 1. The van der Waals surface area contributed by atoms with Crippen molar-refractivity contribution in [3.63, 3.8) is 0 Å². The van der Waals surface area contributed by atoms with Gasteiger partial charge in [-0.1, -0.05) is 71.9 Å². The number of carbonyl (C=O) groups is 1. The highest BCUT2D eigenvalue weighted by molar-refractivity contribution is 6.00. The Bertz CT molecular complexity index is 1380. The quantitative estimate of drug-likeness (QED) is 0.331. The lowest BCUT2D eigenvalue weighted by Crippen LogP contribution is -2.49. The van der Waals surface area contributed by atoms with Gasteiger partial charge in [-0.15, -0.1) is 0 Å². The van der Waals surface area contributed by atoms with Crippen molar-refractivity contribution >= 4 is 11.6 Å². The number of carbonyl (C=O) groups excluding carboxylic acids is 1. The first-order chi connectivity index (χ1) is 17.6. The highest BCUT2D eigenvalue weighted by Gasteiger charge is 2.29. The Morgan fingerprint density at radius 2 is 1.42 bits per heavy atom. The molecular weight excluding hydrogens is 446 g/mol. The maximum Gasteiger partial charge on any atom is 0.259 e. The number of rotatable bonds is 5. The summed E-state index contributed by atoms with van der Waals surface area (Å²) >= 11 is 0. The summed E-state index contributed by atoms with van der Waals surface area (Å²) in [6.07, 6.45) is 2.63. The van der Waals surface area contributed by atoms with E-state index in [-0.39, 0.29) is 5.91 Å². The van der Waals surface area contributed by atoms with Gasteiger partial charge in [0.1, 0.15) is 5.56 Å². The molecule has 182 valence electrons. The largest absolute Gasteiger partial charge is 0.368 e. The zero-order valence-electron chi connectivity index (χ0n) is 20.9. The zero-order valence-corrected chi connectivity index (χ0v) is 20.9. The Morgan fingerprint density at radius 3 is 2.06 bits per heavy atom. The van der Waals surface area contributed by atoms with Gasteiger partial charge in [0, 0.05) is 37.4 Å². The van der Waals surface area contributed by atoms with Crippen molar-refractivity contribution in [2.24, 2.45) is 0 Å². The van der Waals surface area contributed by atoms with Crippen LogP contribution in [0.15, 0.2) is 77.3 Å². The second-order valence-electron chi connectivity index (χ2n) is 10.0. The van der Waals surface area contributed by atoms with Crippen molar-refractivity contribution in [1.82, 2.24) is 10.1 Å². The number of hydrogen-bond donors (Lipinski definition) is 0. The fraction of sp³-hybridized carbons (Fsp3) is 0.290. The van der Waals surface area contributed by atoms with Crippen LogP contribution in [0.3, 0.4) is 0 Å². The van der Waals surface area contributed by atoms with Crippen molar-refractivity contribution in [3.05, 3.63) is 95.2 Å². The highest BCUT2D eigenvalue weighted by Crippen LogP contribution is 2.40. The van der Waals surface area contributed by atoms with E-state index in [9.17, 15) is 4.79 Å². The molecule has 6 rings (SSSR count). The van der Waals surface area contributed by atoms with Crippen LogP contribution in [0.2, 0.25) is 0 Å². The molecule has 1 aromatic heterocycles. The molecule has 2 fully saturated rings. The van der Waals surface area contributed by atoms with Crippen molar-refractivity contribution in [2.75, 3.05) is 31.1 Å². The molecule has 3 aromatic carbocycles. The third-order valence-corrected chi connectivity index (χ3v) is 7.54. The monoisotopic (exact) mass is 477 g/mol. The summed E-state index contributed by atoms with van der Waals surface area (Å²) in [6, 6.07) is 25.5. The standard InChI is InChI=1S/C31H31N3O2/c1-21-5-3-4-6-28(21)33-17-19-34(20-18-33)31(35)29-22(2)32-36-30(29)27-15-13-26(14-16-27)25-11-9-24(10-12-25)23-7-8-23/h3-6,9-16,23H,7-8,17-20H2,1-2H3. The van der Waals surface area contributed by atoms with Gasteiger partial charge in [0.15, 0.2) is 5.76 Å². The van der Waals surface area contributed by atoms with Gasteiger partial charge in [-0.2, -0.15) is 0 Å². The fourth-order valence-electron chi connectivity index (χ4n) is 5.22. The molecule has 0 atom stereocenters. The van der Waals surface area contributed by atoms with Crippen molar-refractivity contribution in [1.29, 1.82) is 0 Å². The Hall–Kier alpha value is -3.86. The van der Waals surface area contributed by atoms with Crippen molar-refractivity contribution in [2.45, 2.75) is 32.6 Å². The fourth-order valence-corrected chi connectivity index (χ4v) is 5.22. The normalized spacial score (nSPS) is 15.8. The van der Waals surface area contributed by atoms with Crippen LogP contribution in [0.25, 0.3) is 22.5 Å². The first-order valence-corrected chi connectivity index (χ1v) is 12.9. The Kier molecular flexibility index (Phi) is 5.84. The second-order valence-corrected chi connectivity index (χ2v) is 10.0. The summed E-state index contributed by atoms with van der Waals surface area (Å²) in [4.78, 5) is 17.9. The molecule has 0 N–H and O–H groups in total. The van der Waals surface area contributed by atoms with Gasteiger partial charge in [0.05, 0.1) is 5.69 Å². The lowest BCUT2D eigenvalue weighted by Gasteiger charge is -2.36. The van der Waals surface area contributed by atoms with Gasteiger partial charge in [0.2, 0.25) is 0 Å². The number of aromatic nitrogens is 1. The Morgan fingerprint density at radius 1 is 0.806 bits per heavy atom. The molecule has 1 aliphatic carbocycles. The average Bonchev–Trinajstić information content (AvgIpc) is 3.70. The average molecular weight is 478 g/mol. The van der Waals surface area contributed by atoms with E-state index in [0.29, 0.717) is 30.1 Å². The summed E-state index contributed by atoms with van der Waals surface area (Å²) in [7, 11) is 0. The minimum atomic E-state index is -0.00655. The van der Waals surface area contributed by atoms with E-state index in [1.165, 1.54) is 35.2 Å². The number of aryl methyl sites for hydroxylation is 2. The summed E-state index contributed by atoms with van der Waals surface area (Å²) in [5, 5.41) is 4.16. The number of benzene rings is 3. The molecule has 1 saturated heterocycles. The minimum Gasteiger partial charge on any atom is -0.368 e. The number of para-hydroxylation sites is 1. The summed E-state index contributed by atoms with van der Waals surface area (Å²) in [5.74, 6) is 1.31. The van der Waals surface area contributed by atoms with E-state index in [1.807, 2.05) is 24.0 Å².